The average molecular weight is 313 g/mol. The largest absolute Gasteiger partial charge is 0.484 e. The number of hydrogen-bond donors (Lipinski definition) is 1. The summed E-state index contributed by atoms with van der Waals surface area (Å²) < 4.78 is 11.4. The van der Waals surface area contributed by atoms with E-state index in [0.29, 0.717) is 29.4 Å². The maximum atomic E-state index is 9.23. The molecule has 5 nitrogen and oxygen atoms in total. The Kier molecular flexibility index (Phi) is 4.33. The molecule has 0 aliphatic heterocycles. The maximum Gasteiger partial charge on any atom is 0.226 e. The summed E-state index contributed by atoms with van der Waals surface area (Å²) in [5, 5.41) is 13.0. The highest BCUT2D eigenvalue weighted by Gasteiger charge is 2.10. The predicted molar refractivity (Wildman–Crippen MR) is 68.1 cm³/mol. The number of aryl methyl sites for hydroxylation is 1. The molecule has 0 saturated heterocycles. The number of halogens is 1. The number of benzene rings is 1. The molecule has 0 aliphatic carbocycles. The third-order valence-corrected chi connectivity index (χ3v) is 3.00. The summed E-state index contributed by atoms with van der Waals surface area (Å²) in [4.78, 5) is 4.15. The van der Waals surface area contributed by atoms with Crippen molar-refractivity contribution in [2.24, 2.45) is 0 Å². The van der Waals surface area contributed by atoms with Crippen LogP contribution >= 0.6 is 15.9 Å². The van der Waals surface area contributed by atoms with Gasteiger partial charge in [0.1, 0.15) is 5.75 Å². The molecule has 6 heteroatoms. The van der Waals surface area contributed by atoms with Crippen LogP contribution < -0.4 is 4.74 Å². The van der Waals surface area contributed by atoms with Crippen molar-refractivity contribution >= 4 is 15.9 Å². The Morgan fingerprint density at radius 3 is 2.94 bits per heavy atom. The fraction of sp³-hybridized carbons (Fsp3) is 0.333. The summed E-state index contributed by atoms with van der Waals surface area (Å²) in [5.74, 6) is 1.68. The molecule has 0 unspecified atom stereocenters. The fourth-order valence-electron chi connectivity index (χ4n) is 1.47. The Morgan fingerprint density at radius 2 is 2.28 bits per heavy atom. The van der Waals surface area contributed by atoms with E-state index in [0.717, 1.165) is 4.47 Å². The Labute approximate surface area is 113 Å². The van der Waals surface area contributed by atoms with Crippen LogP contribution in [0.4, 0.5) is 0 Å². The van der Waals surface area contributed by atoms with Crippen molar-refractivity contribution in [1.29, 1.82) is 0 Å². The SMILES string of the molecule is CCc1nc(COc2c(Br)cccc2CO)no1. The average Bonchev–Trinajstić information content (AvgIpc) is 2.85. The van der Waals surface area contributed by atoms with Gasteiger partial charge < -0.3 is 14.4 Å². The van der Waals surface area contributed by atoms with Gasteiger partial charge >= 0.3 is 0 Å². The quantitative estimate of drug-likeness (QED) is 0.918. The maximum absolute atomic E-state index is 9.23. The van der Waals surface area contributed by atoms with E-state index in [-0.39, 0.29) is 13.2 Å². The standard InChI is InChI=1S/C12H13BrN2O3/c1-2-11-14-10(15-18-11)7-17-12-8(6-16)4-3-5-9(12)13/h3-5,16H,2,6-7H2,1H3. The minimum atomic E-state index is -0.0821. The van der Waals surface area contributed by atoms with Gasteiger partial charge in [0.15, 0.2) is 6.61 Å². The van der Waals surface area contributed by atoms with Gasteiger partial charge in [-0.1, -0.05) is 24.2 Å². The van der Waals surface area contributed by atoms with Crippen LogP contribution in [0.15, 0.2) is 27.2 Å². The summed E-state index contributed by atoms with van der Waals surface area (Å²) in [5.41, 5.74) is 0.712. The van der Waals surface area contributed by atoms with Crippen molar-refractivity contribution in [2.45, 2.75) is 26.6 Å². The molecule has 0 spiro atoms. The van der Waals surface area contributed by atoms with Gasteiger partial charge in [-0.2, -0.15) is 4.98 Å². The van der Waals surface area contributed by atoms with Gasteiger partial charge in [0.25, 0.3) is 0 Å². The summed E-state index contributed by atoms with van der Waals surface area (Å²) >= 11 is 3.38. The second kappa shape index (κ2) is 5.97. The van der Waals surface area contributed by atoms with Crippen LogP contribution in [0.1, 0.15) is 24.2 Å². The molecule has 1 heterocycles. The monoisotopic (exact) mass is 312 g/mol. The molecule has 1 aromatic heterocycles. The van der Waals surface area contributed by atoms with Gasteiger partial charge in [0, 0.05) is 12.0 Å². The molecular weight excluding hydrogens is 300 g/mol. The minimum absolute atomic E-state index is 0.0821. The van der Waals surface area contributed by atoms with Gasteiger partial charge in [0.2, 0.25) is 11.7 Å². The molecule has 0 aliphatic rings. The summed E-state index contributed by atoms with van der Waals surface area (Å²) in [6, 6.07) is 5.49. The highest BCUT2D eigenvalue weighted by Crippen LogP contribution is 2.29. The molecule has 0 bridgehead atoms. The van der Waals surface area contributed by atoms with E-state index in [2.05, 4.69) is 26.1 Å². The fourth-order valence-corrected chi connectivity index (χ4v) is 1.99. The number of aliphatic hydroxyl groups excluding tert-OH is 1. The second-order valence-corrected chi connectivity index (χ2v) is 4.49. The van der Waals surface area contributed by atoms with Crippen LogP contribution in [0.2, 0.25) is 0 Å². The van der Waals surface area contributed by atoms with Gasteiger partial charge in [0.05, 0.1) is 11.1 Å². The van der Waals surface area contributed by atoms with E-state index in [4.69, 9.17) is 9.26 Å². The van der Waals surface area contributed by atoms with Crippen molar-refractivity contribution in [2.75, 3.05) is 0 Å². The molecule has 0 fully saturated rings. The molecule has 2 aromatic rings. The Balaban J connectivity index is 2.10. The Bertz CT molecular complexity index is 528. The predicted octanol–water partition coefficient (Wildman–Crippen LogP) is 2.47. The van der Waals surface area contributed by atoms with Gasteiger partial charge in [-0.25, -0.2) is 0 Å². The zero-order valence-corrected chi connectivity index (χ0v) is 11.5. The first kappa shape index (κ1) is 13.0. The van der Waals surface area contributed by atoms with Crippen LogP contribution in [0.5, 0.6) is 5.75 Å². The van der Waals surface area contributed by atoms with Crippen molar-refractivity contribution in [3.8, 4) is 5.75 Å². The Morgan fingerprint density at radius 1 is 1.44 bits per heavy atom. The Hall–Kier alpha value is -1.40. The van der Waals surface area contributed by atoms with Gasteiger partial charge in [-0.15, -0.1) is 0 Å². The van der Waals surface area contributed by atoms with Crippen LogP contribution in [0.25, 0.3) is 0 Å². The molecule has 0 radical (unpaired) electrons. The minimum Gasteiger partial charge on any atom is -0.484 e. The first-order chi connectivity index (χ1) is 8.74. The summed E-state index contributed by atoms with van der Waals surface area (Å²) in [7, 11) is 0. The summed E-state index contributed by atoms with van der Waals surface area (Å²) in [6.07, 6.45) is 0.698. The molecule has 18 heavy (non-hydrogen) atoms. The van der Waals surface area contributed by atoms with Crippen molar-refractivity contribution in [3.05, 3.63) is 40.0 Å². The number of rotatable bonds is 5. The number of ether oxygens (including phenoxy) is 1. The van der Waals surface area contributed by atoms with E-state index in [1.807, 2.05) is 19.1 Å². The molecule has 0 atom stereocenters. The van der Waals surface area contributed by atoms with Crippen molar-refractivity contribution in [3.63, 3.8) is 0 Å². The second-order valence-electron chi connectivity index (χ2n) is 3.63. The lowest BCUT2D eigenvalue weighted by atomic mass is 10.2. The summed E-state index contributed by atoms with van der Waals surface area (Å²) in [6.45, 7) is 2.07. The smallest absolute Gasteiger partial charge is 0.226 e. The van der Waals surface area contributed by atoms with E-state index in [9.17, 15) is 5.11 Å². The molecule has 0 amide bonds. The molecular formula is C12H13BrN2O3. The highest BCUT2D eigenvalue weighted by molar-refractivity contribution is 9.10. The van der Waals surface area contributed by atoms with Crippen LogP contribution in [0, 0.1) is 0 Å². The van der Waals surface area contributed by atoms with E-state index in [1.165, 1.54) is 0 Å². The molecule has 1 aromatic carbocycles. The zero-order valence-electron chi connectivity index (χ0n) is 9.89. The lowest BCUT2D eigenvalue weighted by Gasteiger charge is -2.10. The number of aliphatic hydroxyl groups is 1. The van der Waals surface area contributed by atoms with Crippen LogP contribution in [0.3, 0.4) is 0 Å². The zero-order chi connectivity index (χ0) is 13.0. The van der Waals surface area contributed by atoms with Gasteiger partial charge in [-0.05, 0) is 22.0 Å². The highest BCUT2D eigenvalue weighted by atomic mass is 79.9. The van der Waals surface area contributed by atoms with E-state index >= 15 is 0 Å². The third-order valence-electron chi connectivity index (χ3n) is 2.38. The molecule has 0 saturated carbocycles. The molecule has 96 valence electrons. The van der Waals surface area contributed by atoms with Crippen LogP contribution in [-0.4, -0.2) is 15.2 Å². The molecule has 2 rings (SSSR count). The lowest BCUT2D eigenvalue weighted by molar-refractivity contribution is 0.251. The van der Waals surface area contributed by atoms with E-state index in [1.54, 1.807) is 6.07 Å². The third kappa shape index (κ3) is 2.88. The van der Waals surface area contributed by atoms with Gasteiger partial charge in [-0.3, -0.25) is 0 Å². The first-order valence-electron chi connectivity index (χ1n) is 5.57. The van der Waals surface area contributed by atoms with E-state index < -0.39 is 0 Å². The number of hydrogen-bond acceptors (Lipinski definition) is 5. The van der Waals surface area contributed by atoms with Crippen molar-refractivity contribution < 1.29 is 14.4 Å². The first-order valence-corrected chi connectivity index (χ1v) is 6.36. The topological polar surface area (TPSA) is 68.4 Å². The lowest BCUT2D eigenvalue weighted by Crippen LogP contribution is -2.01. The number of para-hydroxylation sites is 1. The van der Waals surface area contributed by atoms with Crippen molar-refractivity contribution in [1.82, 2.24) is 10.1 Å². The number of aromatic nitrogens is 2. The van der Waals surface area contributed by atoms with Crippen LogP contribution in [-0.2, 0) is 19.6 Å². The number of nitrogens with zero attached hydrogens (tertiary/aromatic N) is 2. The normalized spacial score (nSPS) is 10.6. The molecule has 1 N–H and O–H groups in total.